The third kappa shape index (κ3) is 97.3. The molecule has 0 bridgehead atoms. The number of carboxylic acids is 3. The zero-order chi connectivity index (χ0) is 12.9. The molecule has 0 heterocycles. The number of hydrogen-bond donors (Lipinski definition) is 0. The van der Waals surface area contributed by atoms with Gasteiger partial charge in [-0.25, -0.2) is 0 Å². The maximum atomic E-state index is 9.26. The van der Waals surface area contributed by atoms with E-state index in [1.807, 2.05) is 0 Å². The monoisotopic (exact) mass is 416 g/mol. The van der Waals surface area contributed by atoms with Gasteiger partial charge < -0.3 is 35.2 Å². The molecule has 0 aromatic heterocycles. The van der Waals surface area contributed by atoms with E-state index in [2.05, 4.69) is 0 Å². The van der Waals surface area contributed by atoms with Crippen molar-refractivity contribution in [1.29, 1.82) is 0 Å². The molecule has 0 saturated heterocycles. The van der Waals surface area contributed by atoms with Gasteiger partial charge in [-0.05, 0) is 19.3 Å². The molecule has 0 rings (SSSR count). The molecule has 7 nitrogen and oxygen atoms in total. The quantitative estimate of drug-likeness (QED) is 0.454. The Morgan fingerprint density at radius 1 is 0.706 bits per heavy atom. The van der Waals surface area contributed by atoms with E-state index in [1.165, 1.54) is 20.8 Å². The molecule has 0 amide bonds. The van der Waals surface area contributed by atoms with Crippen LogP contribution >= 0.6 is 0 Å². The van der Waals surface area contributed by atoms with Gasteiger partial charge in [-0.1, -0.05) is 20.8 Å². The van der Waals surface area contributed by atoms with Crippen LogP contribution in [0.4, 0.5) is 0 Å². The van der Waals surface area contributed by atoms with E-state index in [0.717, 1.165) is 0 Å². The molecule has 1 N–H and O–H groups in total. The Bertz CT molecular complexity index is 160. The molecule has 0 aromatic carbocycles. The summed E-state index contributed by atoms with van der Waals surface area (Å²) in [6.07, 6.45) is 0.333. The van der Waals surface area contributed by atoms with E-state index < -0.39 is 17.9 Å². The Hall–Kier alpha value is -0.760. The van der Waals surface area contributed by atoms with Crippen molar-refractivity contribution in [3.05, 3.63) is 0 Å². The Morgan fingerprint density at radius 3 is 0.765 bits per heavy atom. The molecule has 0 atom stereocenters. The summed E-state index contributed by atoms with van der Waals surface area (Å²) >= 11 is 0. The maximum absolute atomic E-state index is 9.26. The molecule has 0 unspecified atom stereocenters. The smallest absolute Gasteiger partial charge is 0.870 e. The van der Waals surface area contributed by atoms with E-state index in [4.69, 9.17) is 0 Å². The van der Waals surface area contributed by atoms with Gasteiger partial charge in [0.15, 0.2) is 0 Å². The molecule has 8 heteroatoms. The van der Waals surface area contributed by atoms with Crippen molar-refractivity contribution >= 4 is 17.9 Å². The average molecular weight is 415 g/mol. The van der Waals surface area contributed by atoms with Crippen LogP contribution in [0, 0.1) is 0 Å². The summed E-state index contributed by atoms with van der Waals surface area (Å²) in [6.45, 7) is 4.61. The van der Waals surface area contributed by atoms with Crippen LogP contribution in [-0.4, -0.2) is 23.4 Å². The van der Waals surface area contributed by atoms with Crippen LogP contribution in [0.1, 0.15) is 40.0 Å². The molecular weight excluding hydrogens is 399 g/mol. The minimum atomic E-state index is -0.995. The molecule has 0 aliphatic heterocycles. The summed E-state index contributed by atoms with van der Waals surface area (Å²) in [4.78, 5) is 27.8. The number of rotatable bonds is 3. The SMILES string of the molecule is CCC(=O)[O-].CCC(=O)[O-].CCC(=O)[O-].[Hf+4].[OH-]. The van der Waals surface area contributed by atoms with Crippen molar-refractivity contribution < 1.29 is 61.0 Å². The second-order valence-corrected chi connectivity index (χ2v) is 2.18. The molecule has 0 aliphatic carbocycles. The Morgan fingerprint density at radius 2 is 0.765 bits per heavy atom. The topological polar surface area (TPSA) is 150 Å². The second-order valence-electron chi connectivity index (χ2n) is 2.18. The van der Waals surface area contributed by atoms with Crippen molar-refractivity contribution in [2.75, 3.05) is 0 Å². The first-order chi connectivity index (χ1) is 6.81. The van der Waals surface area contributed by atoms with Gasteiger partial charge in [-0.3, -0.25) is 0 Å². The van der Waals surface area contributed by atoms with Crippen LogP contribution in [0.25, 0.3) is 0 Å². The van der Waals surface area contributed by atoms with Gasteiger partial charge in [-0.2, -0.15) is 0 Å². The van der Waals surface area contributed by atoms with E-state index in [1.54, 1.807) is 0 Å². The third-order valence-electron chi connectivity index (χ3n) is 0.866. The third-order valence-corrected chi connectivity index (χ3v) is 0.866. The summed E-state index contributed by atoms with van der Waals surface area (Å²) in [6, 6.07) is 0. The molecule has 17 heavy (non-hydrogen) atoms. The number of hydrogen-bond acceptors (Lipinski definition) is 7. The molecule has 0 saturated carbocycles. The fraction of sp³-hybridized carbons (Fsp3) is 0.667. The van der Waals surface area contributed by atoms with Crippen LogP contribution in [0.5, 0.6) is 0 Å². The molecule has 98 valence electrons. The first-order valence-electron chi connectivity index (χ1n) is 4.41. The average Bonchev–Trinajstić information content (AvgIpc) is 2.19. The standard InChI is InChI=1S/3C3H6O2.Hf.H2O/c3*1-2-3(4)5;;/h3*2H2,1H3,(H,4,5);;1H2/q;;;+4;/p-4. The van der Waals surface area contributed by atoms with Gasteiger partial charge in [0, 0.05) is 17.9 Å². The molecule has 0 radical (unpaired) electrons. The van der Waals surface area contributed by atoms with E-state index in [-0.39, 0.29) is 50.6 Å². The number of aliphatic carboxylic acids is 3. The predicted octanol–water partition coefficient (Wildman–Crippen LogP) is -2.74. The minimum Gasteiger partial charge on any atom is -0.870 e. The summed E-state index contributed by atoms with van der Waals surface area (Å²) in [5.41, 5.74) is 0. The molecule has 0 fully saturated rings. The van der Waals surface area contributed by atoms with Crippen molar-refractivity contribution in [1.82, 2.24) is 0 Å². The van der Waals surface area contributed by atoms with Gasteiger partial charge in [0.05, 0.1) is 0 Å². The van der Waals surface area contributed by atoms with Crippen LogP contribution < -0.4 is 15.3 Å². The molecular formula is C9H16HfO7. The minimum absolute atomic E-state index is 0. The normalized spacial score (nSPS) is 6.53. The zero-order valence-electron chi connectivity index (χ0n) is 10.0. The van der Waals surface area contributed by atoms with Crippen LogP contribution in [0.15, 0.2) is 0 Å². The van der Waals surface area contributed by atoms with E-state index in [9.17, 15) is 29.7 Å². The van der Waals surface area contributed by atoms with Crippen LogP contribution in [0.3, 0.4) is 0 Å². The van der Waals surface area contributed by atoms with E-state index >= 15 is 0 Å². The largest absolute Gasteiger partial charge is 4.00 e. The van der Waals surface area contributed by atoms with Crippen LogP contribution in [-0.2, 0) is 40.2 Å². The van der Waals surface area contributed by atoms with Gasteiger partial charge in [0.1, 0.15) is 0 Å². The summed E-state index contributed by atoms with van der Waals surface area (Å²) in [7, 11) is 0. The Kier molecular flexibility index (Phi) is 43.0. The van der Waals surface area contributed by atoms with Crippen molar-refractivity contribution in [3.8, 4) is 0 Å². The summed E-state index contributed by atoms with van der Waals surface area (Å²) in [5, 5.41) is 27.8. The second kappa shape index (κ2) is 24.5. The summed E-state index contributed by atoms with van der Waals surface area (Å²) in [5.74, 6) is -2.99. The Labute approximate surface area is 119 Å². The fourth-order valence-electron chi connectivity index (χ4n) is 0. The fourth-order valence-corrected chi connectivity index (χ4v) is 0. The number of carbonyl (C=O) groups excluding carboxylic acids is 3. The number of carbonyl (C=O) groups is 3. The molecule has 0 aliphatic rings. The van der Waals surface area contributed by atoms with Crippen LogP contribution in [0.2, 0.25) is 0 Å². The van der Waals surface area contributed by atoms with Crippen molar-refractivity contribution in [3.63, 3.8) is 0 Å². The van der Waals surface area contributed by atoms with Crippen molar-refractivity contribution in [2.24, 2.45) is 0 Å². The predicted molar refractivity (Wildman–Crippen MR) is 47.8 cm³/mol. The first kappa shape index (κ1) is 29.9. The molecule has 0 spiro atoms. The van der Waals surface area contributed by atoms with Crippen molar-refractivity contribution in [2.45, 2.75) is 40.0 Å². The van der Waals surface area contributed by atoms with Gasteiger partial charge in [-0.15, -0.1) is 0 Å². The first-order valence-corrected chi connectivity index (χ1v) is 4.41. The Balaban J connectivity index is -0.0000000400. The van der Waals surface area contributed by atoms with Gasteiger partial charge in [0.2, 0.25) is 0 Å². The number of carboxylic acid groups (broad SMARTS) is 3. The maximum Gasteiger partial charge on any atom is 4.00 e. The van der Waals surface area contributed by atoms with Gasteiger partial charge in [0.25, 0.3) is 0 Å². The van der Waals surface area contributed by atoms with E-state index in [0.29, 0.717) is 0 Å². The van der Waals surface area contributed by atoms with Gasteiger partial charge >= 0.3 is 25.8 Å². The molecule has 0 aromatic rings. The summed E-state index contributed by atoms with van der Waals surface area (Å²) < 4.78 is 0. The zero-order valence-corrected chi connectivity index (χ0v) is 13.6.